The SMILES string of the molecule is c1cnc2cc(-c3cc(-c4ccc5cccnc5c4)cc(-c4ccc5ccc6c(-c7ccncc7)ccc7ccc4c5c76)c3)ccc2c1. The standard InChI is InChI=1S/C45H27N3/c1-3-29-5-7-33(26-42(29)47-19-1)35-23-36(34-8-6-30-4-2-20-48-43(30)27-34)25-37(24-35)39-14-10-32-11-15-40-38(28-17-21-46-22-18-28)13-9-31-12-16-41(39)45(32)44(31)40/h1-27H. The van der Waals surface area contributed by atoms with E-state index in [2.05, 4.69) is 142 Å². The number of benzene rings is 7. The fraction of sp³-hybridized carbons (Fsp3) is 0. The molecule has 0 fully saturated rings. The molecule has 0 amide bonds. The van der Waals surface area contributed by atoms with Gasteiger partial charge in [0.05, 0.1) is 11.0 Å². The molecule has 0 saturated heterocycles. The average molecular weight is 610 g/mol. The van der Waals surface area contributed by atoms with Crippen LogP contribution in [0.3, 0.4) is 0 Å². The molecule has 0 aliphatic carbocycles. The van der Waals surface area contributed by atoms with Gasteiger partial charge in [0.15, 0.2) is 0 Å². The summed E-state index contributed by atoms with van der Waals surface area (Å²) in [6, 6.07) is 50.7. The molecular formula is C45H27N3. The van der Waals surface area contributed by atoms with Gasteiger partial charge in [-0.2, -0.15) is 0 Å². The van der Waals surface area contributed by atoms with E-state index < -0.39 is 0 Å². The number of hydrogen-bond acceptors (Lipinski definition) is 3. The maximum absolute atomic E-state index is 4.67. The minimum atomic E-state index is 0.990. The summed E-state index contributed by atoms with van der Waals surface area (Å²) in [4.78, 5) is 13.6. The molecule has 3 heteroatoms. The Labute approximate surface area is 277 Å². The first kappa shape index (κ1) is 26.7. The van der Waals surface area contributed by atoms with Gasteiger partial charge in [0, 0.05) is 35.6 Å². The highest BCUT2D eigenvalue weighted by molar-refractivity contribution is 6.27. The maximum atomic E-state index is 4.67. The largest absolute Gasteiger partial charge is 0.265 e. The quantitative estimate of drug-likeness (QED) is 0.186. The Hall–Kier alpha value is -6.45. The summed E-state index contributed by atoms with van der Waals surface area (Å²) in [6.07, 6.45) is 7.46. The van der Waals surface area contributed by atoms with Gasteiger partial charge in [-0.1, -0.05) is 84.9 Å². The predicted molar refractivity (Wildman–Crippen MR) is 200 cm³/mol. The van der Waals surface area contributed by atoms with Crippen LogP contribution in [0.4, 0.5) is 0 Å². The highest BCUT2D eigenvalue weighted by Crippen LogP contribution is 2.43. The Morgan fingerprint density at radius 1 is 0.312 bits per heavy atom. The summed E-state index contributed by atoms with van der Waals surface area (Å²) in [5.41, 5.74) is 11.4. The fourth-order valence-corrected chi connectivity index (χ4v) is 7.44. The van der Waals surface area contributed by atoms with Crippen LogP contribution in [-0.4, -0.2) is 15.0 Å². The van der Waals surface area contributed by atoms with Crippen LogP contribution >= 0.6 is 0 Å². The first-order chi connectivity index (χ1) is 23.8. The van der Waals surface area contributed by atoms with E-state index in [9.17, 15) is 0 Å². The molecular weight excluding hydrogens is 583 g/mol. The number of aromatic nitrogens is 3. The summed E-state index contributed by atoms with van der Waals surface area (Å²) in [5.74, 6) is 0. The predicted octanol–water partition coefficient (Wildman–Crippen LogP) is 11.7. The molecule has 3 heterocycles. The van der Waals surface area contributed by atoms with Crippen molar-refractivity contribution in [2.24, 2.45) is 0 Å². The third-order valence-electron chi connectivity index (χ3n) is 9.78. The maximum Gasteiger partial charge on any atom is 0.0708 e. The van der Waals surface area contributed by atoms with E-state index in [1.165, 1.54) is 54.6 Å². The molecule has 10 aromatic rings. The van der Waals surface area contributed by atoms with Gasteiger partial charge in [-0.25, -0.2) is 0 Å². The number of hydrogen-bond donors (Lipinski definition) is 0. The number of pyridine rings is 3. The second-order valence-corrected chi connectivity index (χ2v) is 12.5. The van der Waals surface area contributed by atoms with Crippen LogP contribution < -0.4 is 0 Å². The molecule has 3 aromatic heterocycles. The molecule has 0 aliphatic heterocycles. The second kappa shape index (κ2) is 10.5. The Morgan fingerprint density at radius 2 is 0.792 bits per heavy atom. The zero-order chi connectivity index (χ0) is 31.6. The number of nitrogens with zero attached hydrogens (tertiary/aromatic N) is 3. The lowest BCUT2D eigenvalue weighted by Gasteiger charge is -2.18. The molecule has 222 valence electrons. The van der Waals surface area contributed by atoms with Crippen molar-refractivity contribution in [1.82, 2.24) is 15.0 Å². The van der Waals surface area contributed by atoms with Crippen LogP contribution in [0.5, 0.6) is 0 Å². The van der Waals surface area contributed by atoms with Crippen molar-refractivity contribution < 1.29 is 0 Å². The molecule has 0 radical (unpaired) electrons. The molecule has 0 unspecified atom stereocenters. The zero-order valence-electron chi connectivity index (χ0n) is 25.9. The van der Waals surface area contributed by atoms with E-state index in [0.717, 1.165) is 44.1 Å². The summed E-state index contributed by atoms with van der Waals surface area (Å²) < 4.78 is 0. The molecule has 10 rings (SSSR count). The van der Waals surface area contributed by atoms with Gasteiger partial charge in [-0.15, -0.1) is 0 Å². The van der Waals surface area contributed by atoms with Gasteiger partial charge in [0.2, 0.25) is 0 Å². The van der Waals surface area contributed by atoms with E-state index in [0.29, 0.717) is 0 Å². The minimum absolute atomic E-state index is 0.990. The lowest BCUT2D eigenvalue weighted by Crippen LogP contribution is -1.91. The highest BCUT2D eigenvalue weighted by atomic mass is 14.6. The van der Waals surface area contributed by atoms with Crippen LogP contribution in [0, 0.1) is 0 Å². The van der Waals surface area contributed by atoms with E-state index in [1.807, 2.05) is 36.9 Å². The Morgan fingerprint density at radius 3 is 1.35 bits per heavy atom. The summed E-state index contributed by atoms with van der Waals surface area (Å²) in [6.45, 7) is 0. The van der Waals surface area contributed by atoms with Gasteiger partial charge in [-0.05, 0) is 131 Å². The molecule has 0 saturated carbocycles. The van der Waals surface area contributed by atoms with Crippen LogP contribution in [-0.2, 0) is 0 Å². The van der Waals surface area contributed by atoms with Gasteiger partial charge < -0.3 is 0 Å². The van der Waals surface area contributed by atoms with Crippen molar-refractivity contribution in [3.8, 4) is 44.5 Å². The topological polar surface area (TPSA) is 38.7 Å². The Balaban J connectivity index is 1.23. The molecule has 0 bridgehead atoms. The molecule has 0 atom stereocenters. The third-order valence-corrected chi connectivity index (χ3v) is 9.78. The van der Waals surface area contributed by atoms with Crippen molar-refractivity contribution in [1.29, 1.82) is 0 Å². The van der Waals surface area contributed by atoms with Crippen LogP contribution in [0.25, 0.3) is 98.6 Å². The lowest BCUT2D eigenvalue weighted by atomic mass is 9.86. The second-order valence-electron chi connectivity index (χ2n) is 12.5. The third kappa shape index (κ3) is 4.25. The van der Waals surface area contributed by atoms with E-state index >= 15 is 0 Å². The molecule has 7 aromatic carbocycles. The number of fused-ring (bicyclic) bond motifs is 2. The van der Waals surface area contributed by atoms with Gasteiger partial charge in [0.1, 0.15) is 0 Å². The summed E-state index contributed by atoms with van der Waals surface area (Å²) >= 11 is 0. The van der Waals surface area contributed by atoms with Gasteiger partial charge in [-0.3, -0.25) is 15.0 Å². The molecule has 0 aliphatic rings. The molecule has 3 nitrogen and oxygen atoms in total. The van der Waals surface area contributed by atoms with Gasteiger partial charge >= 0.3 is 0 Å². The first-order valence-corrected chi connectivity index (χ1v) is 16.2. The number of rotatable bonds is 4. The monoisotopic (exact) mass is 609 g/mol. The van der Waals surface area contributed by atoms with Crippen molar-refractivity contribution in [2.75, 3.05) is 0 Å². The average Bonchev–Trinajstić information content (AvgIpc) is 3.16. The van der Waals surface area contributed by atoms with E-state index in [4.69, 9.17) is 0 Å². The minimum Gasteiger partial charge on any atom is -0.265 e. The molecule has 0 N–H and O–H groups in total. The van der Waals surface area contributed by atoms with E-state index in [1.54, 1.807) is 0 Å². The lowest BCUT2D eigenvalue weighted by molar-refractivity contribution is 1.33. The zero-order valence-corrected chi connectivity index (χ0v) is 25.9. The van der Waals surface area contributed by atoms with Crippen molar-refractivity contribution in [2.45, 2.75) is 0 Å². The normalized spacial score (nSPS) is 11.8. The van der Waals surface area contributed by atoms with Gasteiger partial charge in [0.25, 0.3) is 0 Å². The van der Waals surface area contributed by atoms with E-state index in [-0.39, 0.29) is 0 Å². The Kier molecular flexibility index (Phi) is 5.87. The Bertz CT molecular complexity index is 2740. The van der Waals surface area contributed by atoms with Crippen molar-refractivity contribution >= 4 is 54.1 Å². The van der Waals surface area contributed by atoms with Crippen LogP contribution in [0.2, 0.25) is 0 Å². The summed E-state index contributed by atoms with van der Waals surface area (Å²) in [7, 11) is 0. The van der Waals surface area contributed by atoms with Crippen molar-refractivity contribution in [3.05, 3.63) is 164 Å². The smallest absolute Gasteiger partial charge is 0.0708 e. The van der Waals surface area contributed by atoms with Crippen LogP contribution in [0.1, 0.15) is 0 Å². The molecule has 0 spiro atoms. The molecule has 48 heavy (non-hydrogen) atoms. The highest BCUT2D eigenvalue weighted by Gasteiger charge is 2.16. The summed E-state index contributed by atoms with van der Waals surface area (Å²) in [5, 5.41) is 9.88. The fourth-order valence-electron chi connectivity index (χ4n) is 7.44. The first-order valence-electron chi connectivity index (χ1n) is 16.2. The van der Waals surface area contributed by atoms with Crippen molar-refractivity contribution in [3.63, 3.8) is 0 Å². The van der Waals surface area contributed by atoms with Crippen LogP contribution in [0.15, 0.2) is 164 Å².